The zero-order valence-corrected chi connectivity index (χ0v) is 12.1. The van der Waals surface area contributed by atoms with Crippen LogP contribution >= 0.6 is 0 Å². The van der Waals surface area contributed by atoms with Gasteiger partial charge in [-0.25, -0.2) is 0 Å². The first-order valence-electron chi connectivity index (χ1n) is 7.17. The second-order valence-electron chi connectivity index (χ2n) is 5.26. The number of carbonyl (C=O) groups excluding carboxylic acids is 1. The Balaban J connectivity index is 2.64. The van der Waals surface area contributed by atoms with Crippen molar-refractivity contribution in [3.63, 3.8) is 0 Å². The normalized spacial score (nSPS) is 17.6. The molecule has 4 heteroatoms. The van der Waals surface area contributed by atoms with E-state index in [0.29, 0.717) is 25.6 Å². The molecule has 1 fully saturated rings. The van der Waals surface area contributed by atoms with Crippen molar-refractivity contribution in [3.8, 4) is 0 Å². The van der Waals surface area contributed by atoms with Gasteiger partial charge in [0.05, 0.1) is 12.0 Å². The Hall–Kier alpha value is -0.610. The standard InChI is InChI=1S/C14H28N2O2/c1-4-12(5-2)16(10-9-15)13(17)11-14(18-3)7-6-8-14/h12H,4-11,15H2,1-3H3. The van der Waals surface area contributed by atoms with Gasteiger partial charge in [0.15, 0.2) is 0 Å². The van der Waals surface area contributed by atoms with Gasteiger partial charge in [0.25, 0.3) is 0 Å². The maximum atomic E-state index is 12.5. The van der Waals surface area contributed by atoms with E-state index in [2.05, 4.69) is 13.8 Å². The van der Waals surface area contributed by atoms with E-state index in [4.69, 9.17) is 10.5 Å². The van der Waals surface area contributed by atoms with Crippen molar-refractivity contribution < 1.29 is 9.53 Å². The molecule has 0 bridgehead atoms. The maximum absolute atomic E-state index is 12.5. The van der Waals surface area contributed by atoms with E-state index < -0.39 is 0 Å². The summed E-state index contributed by atoms with van der Waals surface area (Å²) in [6.45, 7) is 5.44. The Bertz CT molecular complexity index is 255. The highest BCUT2D eigenvalue weighted by Crippen LogP contribution is 2.38. The van der Waals surface area contributed by atoms with Crippen LogP contribution < -0.4 is 5.73 Å². The molecule has 1 saturated carbocycles. The number of methoxy groups -OCH3 is 1. The molecule has 1 aliphatic rings. The van der Waals surface area contributed by atoms with Gasteiger partial charge in [0, 0.05) is 26.2 Å². The predicted molar refractivity (Wildman–Crippen MR) is 73.3 cm³/mol. The molecule has 0 heterocycles. The molecule has 0 unspecified atom stereocenters. The fourth-order valence-electron chi connectivity index (χ4n) is 2.78. The third-order valence-corrected chi connectivity index (χ3v) is 4.24. The predicted octanol–water partition coefficient (Wildman–Crippen LogP) is 1.92. The van der Waals surface area contributed by atoms with Crippen molar-refractivity contribution in [2.24, 2.45) is 5.73 Å². The lowest BCUT2D eigenvalue weighted by atomic mass is 9.77. The molecule has 2 N–H and O–H groups in total. The minimum Gasteiger partial charge on any atom is -0.378 e. The first kappa shape index (κ1) is 15.4. The van der Waals surface area contributed by atoms with Crippen LogP contribution in [0.25, 0.3) is 0 Å². The minimum absolute atomic E-state index is 0.185. The van der Waals surface area contributed by atoms with Gasteiger partial charge in [0.2, 0.25) is 5.91 Å². The maximum Gasteiger partial charge on any atom is 0.225 e. The van der Waals surface area contributed by atoms with Crippen LogP contribution in [0.4, 0.5) is 0 Å². The van der Waals surface area contributed by atoms with Gasteiger partial charge < -0.3 is 15.4 Å². The van der Waals surface area contributed by atoms with Crippen molar-refractivity contribution in [3.05, 3.63) is 0 Å². The van der Waals surface area contributed by atoms with Crippen LogP contribution in [0.1, 0.15) is 52.4 Å². The summed E-state index contributed by atoms with van der Waals surface area (Å²) in [5.41, 5.74) is 5.45. The molecule has 1 aliphatic carbocycles. The van der Waals surface area contributed by atoms with E-state index in [1.54, 1.807) is 7.11 Å². The lowest BCUT2D eigenvalue weighted by Gasteiger charge is -2.42. The molecule has 0 saturated heterocycles. The van der Waals surface area contributed by atoms with Crippen LogP contribution in [0.3, 0.4) is 0 Å². The molecular weight excluding hydrogens is 228 g/mol. The van der Waals surface area contributed by atoms with Crippen LogP contribution in [-0.4, -0.2) is 42.6 Å². The van der Waals surface area contributed by atoms with E-state index in [0.717, 1.165) is 25.7 Å². The highest BCUT2D eigenvalue weighted by molar-refractivity contribution is 5.77. The van der Waals surface area contributed by atoms with E-state index in [9.17, 15) is 4.79 Å². The number of amides is 1. The lowest BCUT2D eigenvalue weighted by molar-refractivity contribution is -0.146. The summed E-state index contributed by atoms with van der Waals surface area (Å²) in [4.78, 5) is 14.4. The second-order valence-corrected chi connectivity index (χ2v) is 5.26. The second kappa shape index (κ2) is 7.10. The largest absolute Gasteiger partial charge is 0.378 e. The SMILES string of the molecule is CCC(CC)N(CCN)C(=O)CC1(OC)CCC1. The summed E-state index contributed by atoms with van der Waals surface area (Å²) in [6.07, 6.45) is 5.68. The Morgan fingerprint density at radius 2 is 2.00 bits per heavy atom. The van der Waals surface area contributed by atoms with E-state index in [1.165, 1.54) is 6.42 Å². The van der Waals surface area contributed by atoms with Crippen molar-refractivity contribution in [1.29, 1.82) is 0 Å². The quantitative estimate of drug-likeness (QED) is 0.722. The average Bonchev–Trinajstić information content (AvgIpc) is 2.34. The van der Waals surface area contributed by atoms with E-state index in [-0.39, 0.29) is 11.5 Å². The van der Waals surface area contributed by atoms with Crippen molar-refractivity contribution in [2.45, 2.75) is 64.0 Å². The molecule has 0 aliphatic heterocycles. The van der Waals surface area contributed by atoms with Gasteiger partial charge in [0.1, 0.15) is 0 Å². The number of rotatable bonds is 8. The molecule has 106 valence electrons. The fourth-order valence-corrected chi connectivity index (χ4v) is 2.78. The van der Waals surface area contributed by atoms with E-state index in [1.807, 2.05) is 4.90 Å². The summed E-state index contributed by atoms with van der Waals surface area (Å²) in [5.74, 6) is 0.204. The Kier molecular flexibility index (Phi) is 6.09. The minimum atomic E-state index is -0.185. The fraction of sp³-hybridized carbons (Fsp3) is 0.929. The number of hydrogen-bond donors (Lipinski definition) is 1. The smallest absolute Gasteiger partial charge is 0.225 e. The summed E-state index contributed by atoms with van der Waals surface area (Å²) < 4.78 is 5.54. The molecule has 0 radical (unpaired) electrons. The summed E-state index contributed by atoms with van der Waals surface area (Å²) in [6, 6.07) is 0.315. The third kappa shape index (κ3) is 3.45. The molecule has 4 nitrogen and oxygen atoms in total. The van der Waals surface area contributed by atoms with Gasteiger partial charge in [-0.15, -0.1) is 0 Å². The molecule has 0 aromatic heterocycles. The number of hydrogen-bond acceptors (Lipinski definition) is 3. The van der Waals surface area contributed by atoms with Crippen molar-refractivity contribution in [2.75, 3.05) is 20.2 Å². The number of nitrogens with zero attached hydrogens (tertiary/aromatic N) is 1. The average molecular weight is 256 g/mol. The van der Waals surface area contributed by atoms with Crippen LogP contribution in [0.5, 0.6) is 0 Å². The molecule has 1 amide bonds. The molecule has 0 aromatic carbocycles. The van der Waals surface area contributed by atoms with Crippen LogP contribution in [0.15, 0.2) is 0 Å². The van der Waals surface area contributed by atoms with Crippen LogP contribution in [0, 0.1) is 0 Å². The molecule has 18 heavy (non-hydrogen) atoms. The van der Waals surface area contributed by atoms with Crippen molar-refractivity contribution in [1.82, 2.24) is 4.90 Å². The van der Waals surface area contributed by atoms with Crippen LogP contribution in [-0.2, 0) is 9.53 Å². The van der Waals surface area contributed by atoms with E-state index >= 15 is 0 Å². The molecule has 1 rings (SSSR count). The Morgan fingerprint density at radius 3 is 2.33 bits per heavy atom. The molecule has 0 atom stereocenters. The van der Waals surface area contributed by atoms with Gasteiger partial charge in [-0.3, -0.25) is 4.79 Å². The Labute approximate surface area is 111 Å². The summed E-state index contributed by atoms with van der Waals surface area (Å²) >= 11 is 0. The van der Waals surface area contributed by atoms with Gasteiger partial charge in [-0.2, -0.15) is 0 Å². The monoisotopic (exact) mass is 256 g/mol. The summed E-state index contributed by atoms with van der Waals surface area (Å²) in [5, 5.41) is 0. The van der Waals surface area contributed by atoms with Gasteiger partial charge in [-0.1, -0.05) is 13.8 Å². The molecule has 0 aromatic rings. The number of nitrogens with two attached hydrogens (primary N) is 1. The molecular formula is C14H28N2O2. The number of carbonyl (C=O) groups is 1. The highest BCUT2D eigenvalue weighted by atomic mass is 16.5. The van der Waals surface area contributed by atoms with Gasteiger partial charge in [-0.05, 0) is 32.1 Å². The molecule has 0 spiro atoms. The topological polar surface area (TPSA) is 55.6 Å². The first-order valence-corrected chi connectivity index (χ1v) is 7.17. The highest BCUT2D eigenvalue weighted by Gasteiger charge is 2.40. The summed E-state index contributed by atoms with van der Waals surface area (Å²) in [7, 11) is 1.72. The first-order chi connectivity index (χ1) is 8.62. The lowest BCUT2D eigenvalue weighted by Crippen LogP contribution is -2.49. The van der Waals surface area contributed by atoms with Gasteiger partial charge >= 0.3 is 0 Å². The van der Waals surface area contributed by atoms with Crippen molar-refractivity contribution >= 4 is 5.91 Å². The third-order valence-electron chi connectivity index (χ3n) is 4.24. The Morgan fingerprint density at radius 1 is 1.39 bits per heavy atom. The number of ether oxygens (including phenoxy) is 1. The van der Waals surface area contributed by atoms with Crippen LogP contribution in [0.2, 0.25) is 0 Å². The zero-order chi connectivity index (χ0) is 13.6. The zero-order valence-electron chi connectivity index (χ0n) is 12.1.